The summed E-state index contributed by atoms with van der Waals surface area (Å²) in [6.07, 6.45) is 0. The van der Waals surface area contributed by atoms with E-state index in [1.54, 1.807) is 12.1 Å². The number of anilines is 1. The second-order valence-electron chi connectivity index (χ2n) is 7.54. The van der Waals surface area contributed by atoms with Crippen LogP contribution < -0.4 is 22.3 Å². The van der Waals surface area contributed by atoms with Crippen molar-refractivity contribution in [3.8, 4) is 5.69 Å². The lowest BCUT2D eigenvalue weighted by Crippen LogP contribution is -2.43. The molecule has 4 rings (SSSR count). The molecule has 0 aliphatic rings. The molecule has 1 heterocycles. The van der Waals surface area contributed by atoms with Crippen molar-refractivity contribution < 1.29 is 13.2 Å². The van der Waals surface area contributed by atoms with Gasteiger partial charge in [-0.15, -0.1) is 3.97 Å². The number of amides is 1. The lowest BCUT2D eigenvalue weighted by molar-refractivity contribution is -0.114. The first kappa shape index (κ1) is 24.7. The third-order valence-electron chi connectivity index (χ3n) is 5.20. The molecule has 0 spiro atoms. The predicted octanol–water partition coefficient (Wildman–Crippen LogP) is 3.11. The molecule has 0 saturated heterocycles. The molecule has 0 saturated carbocycles. The summed E-state index contributed by atoms with van der Waals surface area (Å²) in [5, 5.41) is 3.04. The number of carbonyl (C=O) groups is 1. The average Bonchev–Trinajstić information content (AvgIpc) is 2.79. The molecule has 12 heteroatoms. The Morgan fingerprint density at radius 3 is 2.26 bits per heavy atom. The first-order chi connectivity index (χ1) is 16.5. The zero-order chi connectivity index (χ0) is 25.5. The smallest absolute Gasteiger partial charge is 0.326 e. The van der Waals surface area contributed by atoms with Crippen molar-refractivity contribution in [1.82, 2.24) is 8.54 Å². The Bertz CT molecular complexity index is 1710. The standard InChI is InChI=1S/C23H18Cl2N4O5S/c1-13(30)27-17-6-2-14(12-26)20(11-17)28-21-10-16(25)5-9-19(21)22(31)29(23(28)32)35(33,34)18-7-3-15(24)4-8-18/h2-11H,12,26H2,1H3,(H,27,30). The Kier molecular flexibility index (Phi) is 6.56. The van der Waals surface area contributed by atoms with E-state index in [0.29, 0.717) is 11.3 Å². The van der Waals surface area contributed by atoms with E-state index in [1.807, 2.05) is 0 Å². The average molecular weight is 533 g/mol. The normalized spacial score (nSPS) is 11.5. The van der Waals surface area contributed by atoms with Crippen LogP contribution in [0.4, 0.5) is 5.69 Å². The number of nitrogens with one attached hydrogen (secondary N) is 1. The Labute approximate surface area is 209 Å². The minimum atomic E-state index is -4.62. The molecule has 3 aromatic carbocycles. The minimum absolute atomic E-state index is 0.0206. The van der Waals surface area contributed by atoms with Crippen molar-refractivity contribution in [2.75, 3.05) is 5.32 Å². The van der Waals surface area contributed by atoms with Crippen LogP contribution >= 0.6 is 23.2 Å². The zero-order valence-corrected chi connectivity index (χ0v) is 20.5. The van der Waals surface area contributed by atoms with Crippen LogP contribution in [-0.2, 0) is 21.4 Å². The molecule has 0 radical (unpaired) electrons. The van der Waals surface area contributed by atoms with Crippen LogP contribution in [-0.4, -0.2) is 22.9 Å². The highest BCUT2D eigenvalue weighted by molar-refractivity contribution is 7.90. The van der Waals surface area contributed by atoms with Gasteiger partial charge in [-0.3, -0.25) is 14.2 Å². The van der Waals surface area contributed by atoms with Crippen LogP contribution in [0.25, 0.3) is 16.6 Å². The first-order valence-electron chi connectivity index (χ1n) is 10.1. The maximum Gasteiger partial charge on any atom is 0.350 e. The van der Waals surface area contributed by atoms with Gasteiger partial charge in [0.25, 0.3) is 15.6 Å². The second kappa shape index (κ2) is 9.31. The molecule has 9 nitrogen and oxygen atoms in total. The SMILES string of the molecule is CC(=O)Nc1ccc(CN)c(-n2c(=O)n(S(=O)(=O)c3ccc(Cl)cc3)c(=O)c3ccc(Cl)cc32)c1. The summed E-state index contributed by atoms with van der Waals surface area (Å²) in [6.45, 7) is 1.30. The predicted molar refractivity (Wildman–Crippen MR) is 135 cm³/mol. The topological polar surface area (TPSA) is 133 Å². The van der Waals surface area contributed by atoms with E-state index < -0.39 is 21.3 Å². The van der Waals surface area contributed by atoms with Gasteiger partial charge in [0.15, 0.2) is 0 Å². The fraction of sp³-hybridized carbons (Fsp3) is 0.0870. The van der Waals surface area contributed by atoms with Gasteiger partial charge in [0, 0.05) is 29.2 Å². The third-order valence-corrected chi connectivity index (χ3v) is 7.36. The Balaban J connectivity index is 2.16. The van der Waals surface area contributed by atoms with Gasteiger partial charge >= 0.3 is 5.69 Å². The number of nitrogens with zero attached hydrogens (tertiary/aromatic N) is 2. The van der Waals surface area contributed by atoms with Gasteiger partial charge in [0.05, 0.1) is 21.5 Å². The van der Waals surface area contributed by atoms with Gasteiger partial charge in [0.2, 0.25) is 5.91 Å². The summed E-state index contributed by atoms with van der Waals surface area (Å²) in [6, 6.07) is 13.8. The molecule has 180 valence electrons. The maximum absolute atomic E-state index is 13.8. The largest absolute Gasteiger partial charge is 0.350 e. The van der Waals surface area contributed by atoms with E-state index in [9.17, 15) is 22.8 Å². The van der Waals surface area contributed by atoms with Gasteiger partial charge in [-0.1, -0.05) is 29.3 Å². The number of aromatic nitrogens is 2. The summed E-state index contributed by atoms with van der Waals surface area (Å²) in [5.74, 6) is -0.355. The molecule has 4 aromatic rings. The van der Waals surface area contributed by atoms with Gasteiger partial charge in [-0.25, -0.2) is 13.2 Å². The molecular weight excluding hydrogens is 515 g/mol. The van der Waals surface area contributed by atoms with E-state index in [-0.39, 0.29) is 48.0 Å². The second-order valence-corrected chi connectivity index (χ2v) is 10.2. The van der Waals surface area contributed by atoms with E-state index in [2.05, 4.69) is 5.32 Å². The third kappa shape index (κ3) is 4.48. The highest BCUT2D eigenvalue weighted by Crippen LogP contribution is 2.25. The molecule has 0 fully saturated rings. The van der Waals surface area contributed by atoms with Crippen molar-refractivity contribution >= 4 is 55.7 Å². The van der Waals surface area contributed by atoms with Crippen molar-refractivity contribution in [2.45, 2.75) is 18.4 Å². The first-order valence-corrected chi connectivity index (χ1v) is 12.3. The van der Waals surface area contributed by atoms with Crippen LogP contribution in [0.1, 0.15) is 12.5 Å². The number of halogens is 2. The van der Waals surface area contributed by atoms with Crippen molar-refractivity contribution in [3.63, 3.8) is 0 Å². The number of carbonyl (C=O) groups excluding carboxylic acids is 1. The van der Waals surface area contributed by atoms with Gasteiger partial charge in [0.1, 0.15) is 0 Å². The van der Waals surface area contributed by atoms with E-state index in [1.165, 1.54) is 55.5 Å². The molecule has 0 aliphatic carbocycles. The number of fused-ring (bicyclic) bond motifs is 1. The molecule has 0 atom stereocenters. The Morgan fingerprint density at radius 2 is 1.63 bits per heavy atom. The molecule has 3 N–H and O–H groups in total. The number of benzene rings is 3. The van der Waals surface area contributed by atoms with Crippen LogP contribution in [0.5, 0.6) is 0 Å². The molecule has 1 amide bonds. The summed E-state index contributed by atoms with van der Waals surface area (Å²) in [4.78, 5) is 38.4. The van der Waals surface area contributed by atoms with Crippen LogP contribution in [0, 0.1) is 0 Å². The summed E-state index contributed by atoms with van der Waals surface area (Å²) in [5.41, 5.74) is 4.74. The van der Waals surface area contributed by atoms with E-state index in [0.717, 1.165) is 4.57 Å². The van der Waals surface area contributed by atoms with Gasteiger partial charge < -0.3 is 11.1 Å². The number of rotatable bonds is 5. The zero-order valence-electron chi connectivity index (χ0n) is 18.2. The lowest BCUT2D eigenvalue weighted by atomic mass is 10.1. The number of nitrogens with two attached hydrogens (primary N) is 1. The monoisotopic (exact) mass is 532 g/mol. The molecule has 0 aliphatic heterocycles. The van der Waals surface area contributed by atoms with Crippen LogP contribution in [0.3, 0.4) is 0 Å². The minimum Gasteiger partial charge on any atom is -0.326 e. The molecular formula is C23H18Cl2N4O5S. The summed E-state index contributed by atoms with van der Waals surface area (Å²) in [7, 11) is -4.62. The number of hydrogen-bond donors (Lipinski definition) is 2. The fourth-order valence-electron chi connectivity index (χ4n) is 3.64. The maximum atomic E-state index is 13.8. The van der Waals surface area contributed by atoms with E-state index in [4.69, 9.17) is 28.9 Å². The lowest BCUT2D eigenvalue weighted by Gasteiger charge is -2.18. The number of hydrogen-bond acceptors (Lipinski definition) is 6. The van der Waals surface area contributed by atoms with Crippen LogP contribution in [0.2, 0.25) is 10.0 Å². The Morgan fingerprint density at radius 1 is 0.971 bits per heavy atom. The quantitative estimate of drug-likeness (QED) is 0.405. The van der Waals surface area contributed by atoms with Crippen molar-refractivity contribution in [3.05, 3.63) is 97.1 Å². The molecule has 1 aromatic heterocycles. The highest BCUT2D eigenvalue weighted by atomic mass is 35.5. The van der Waals surface area contributed by atoms with Gasteiger partial charge in [-0.2, -0.15) is 0 Å². The fourth-order valence-corrected chi connectivity index (χ4v) is 5.23. The molecule has 0 bridgehead atoms. The van der Waals surface area contributed by atoms with Crippen molar-refractivity contribution in [2.24, 2.45) is 5.73 Å². The highest BCUT2D eigenvalue weighted by Gasteiger charge is 2.26. The van der Waals surface area contributed by atoms with Gasteiger partial charge in [-0.05, 0) is 60.2 Å². The molecule has 35 heavy (non-hydrogen) atoms. The van der Waals surface area contributed by atoms with E-state index >= 15 is 0 Å². The summed E-state index contributed by atoms with van der Waals surface area (Å²) >= 11 is 12.0. The van der Waals surface area contributed by atoms with Crippen molar-refractivity contribution in [1.29, 1.82) is 0 Å². The molecule has 0 unspecified atom stereocenters. The Hall–Kier alpha value is -3.44. The summed E-state index contributed by atoms with van der Waals surface area (Å²) < 4.78 is 28.1. The van der Waals surface area contributed by atoms with Crippen LogP contribution in [0.15, 0.2) is 75.1 Å².